The van der Waals surface area contributed by atoms with E-state index < -0.39 is 5.60 Å². The number of hydrogen-bond acceptors (Lipinski definition) is 3. The minimum absolute atomic E-state index is 0. The molecular formula is C23H30ClNO3. The lowest BCUT2D eigenvalue weighted by Crippen LogP contribution is -2.38. The summed E-state index contributed by atoms with van der Waals surface area (Å²) in [5.74, 6) is 1.10. The highest BCUT2D eigenvalue weighted by Crippen LogP contribution is 2.30. The van der Waals surface area contributed by atoms with Crippen molar-refractivity contribution in [2.75, 3.05) is 13.1 Å². The highest BCUT2D eigenvalue weighted by atomic mass is 35.5. The molecule has 0 radical (unpaired) electrons. The van der Waals surface area contributed by atoms with E-state index in [1.165, 1.54) is 11.1 Å². The fraction of sp³-hybridized carbons (Fsp3) is 0.435. The molecule has 0 aliphatic carbocycles. The highest BCUT2D eigenvalue weighted by Gasteiger charge is 2.27. The summed E-state index contributed by atoms with van der Waals surface area (Å²) in [7, 11) is 0. The predicted molar refractivity (Wildman–Crippen MR) is 114 cm³/mol. The lowest BCUT2D eigenvalue weighted by atomic mass is 9.95. The number of halogens is 1. The number of ether oxygens (including phenoxy) is 2. The SMILES string of the molecule is CC1CN(C(=O)OC(C)(C)C)CCc2ccc(OCc3ccccc3)cc21.Cl. The molecule has 0 fully saturated rings. The molecule has 5 heteroatoms. The summed E-state index contributed by atoms with van der Waals surface area (Å²) in [6.07, 6.45) is 0.598. The second-order valence-electron chi connectivity index (χ2n) is 8.21. The minimum atomic E-state index is -0.474. The number of benzene rings is 2. The third-order valence-corrected chi connectivity index (χ3v) is 4.69. The van der Waals surface area contributed by atoms with Crippen molar-refractivity contribution in [3.05, 3.63) is 65.2 Å². The smallest absolute Gasteiger partial charge is 0.410 e. The molecule has 1 amide bonds. The Hall–Kier alpha value is -2.20. The molecular weight excluding hydrogens is 374 g/mol. The van der Waals surface area contributed by atoms with E-state index in [4.69, 9.17) is 9.47 Å². The molecule has 0 saturated carbocycles. The molecule has 28 heavy (non-hydrogen) atoms. The van der Waals surface area contributed by atoms with E-state index in [9.17, 15) is 4.79 Å². The van der Waals surface area contributed by atoms with Gasteiger partial charge in [0.05, 0.1) is 0 Å². The van der Waals surface area contributed by atoms with E-state index in [1.54, 1.807) is 0 Å². The van der Waals surface area contributed by atoms with Crippen LogP contribution in [0.2, 0.25) is 0 Å². The Morgan fingerprint density at radius 1 is 1.14 bits per heavy atom. The van der Waals surface area contributed by atoms with E-state index in [0.29, 0.717) is 19.7 Å². The van der Waals surface area contributed by atoms with Gasteiger partial charge in [-0.15, -0.1) is 12.4 Å². The largest absolute Gasteiger partial charge is 0.489 e. The normalized spacial score (nSPS) is 16.4. The molecule has 0 aromatic heterocycles. The number of hydrogen-bond donors (Lipinski definition) is 0. The number of amides is 1. The minimum Gasteiger partial charge on any atom is -0.489 e. The van der Waals surface area contributed by atoms with Crippen molar-refractivity contribution in [1.29, 1.82) is 0 Å². The van der Waals surface area contributed by atoms with Gasteiger partial charge in [0.2, 0.25) is 0 Å². The van der Waals surface area contributed by atoms with Crippen LogP contribution in [0, 0.1) is 0 Å². The molecule has 3 rings (SSSR count). The Balaban J connectivity index is 0.00000280. The van der Waals surface area contributed by atoms with Crippen LogP contribution >= 0.6 is 12.4 Å². The molecule has 1 aliphatic rings. The number of fused-ring (bicyclic) bond motifs is 1. The summed E-state index contributed by atoms with van der Waals surface area (Å²) in [6, 6.07) is 16.4. The third-order valence-electron chi connectivity index (χ3n) is 4.69. The van der Waals surface area contributed by atoms with Gasteiger partial charge < -0.3 is 14.4 Å². The summed E-state index contributed by atoms with van der Waals surface area (Å²) >= 11 is 0. The van der Waals surface area contributed by atoms with Crippen LogP contribution in [0.25, 0.3) is 0 Å². The fourth-order valence-corrected chi connectivity index (χ4v) is 3.36. The molecule has 1 aliphatic heterocycles. The van der Waals surface area contributed by atoms with Gasteiger partial charge in [-0.3, -0.25) is 0 Å². The number of rotatable bonds is 3. The quantitative estimate of drug-likeness (QED) is 0.671. The van der Waals surface area contributed by atoms with Gasteiger partial charge in [-0.2, -0.15) is 0 Å². The van der Waals surface area contributed by atoms with Crippen molar-refractivity contribution in [3.8, 4) is 5.75 Å². The van der Waals surface area contributed by atoms with Crippen LogP contribution in [0.1, 0.15) is 50.3 Å². The van der Waals surface area contributed by atoms with Crippen LogP contribution in [0.3, 0.4) is 0 Å². The molecule has 0 bridgehead atoms. The van der Waals surface area contributed by atoms with Crippen molar-refractivity contribution in [1.82, 2.24) is 4.90 Å². The van der Waals surface area contributed by atoms with E-state index >= 15 is 0 Å². The molecule has 152 valence electrons. The van der Waals surface area contributed by atoms with E-state index in [0.717, 1.165) is 17.7 Å². The Morgan fingerprint density at radius 2 is 1.86 bits per heavy atom. The van der Waals surface area contributed by atoms with Gasteiger partial charge in [0, 0.05) is 13.1 Å². The van der Waals surface area contributed by atoms with Gasteiger partial charge in [-0.1, -0.05) is 43.3 Å². The summed E-state index contributed by atoms with van der Waals surface area (Å²) in [4.78, 5) is 14.3. The van der Waals surface area contributed by atoms with E-state index in [-0.39, 0.29) is 24.4 Å². The van der Waals surface area contributed by atoms with Crippen LogP contribution in [-0.2, 0) is 17.8 Å². The van der Waals surface area contributed by atoms with Crippen molar-refractivity contribution < 1.29 is 14.3 Å². The van der Waals surface area contributed by atoms with Crippen LogP contribution < -0.4 is 4.74 Å². The van der Waals surface area contributed by atoms with Crippen LogP contribution in [-0.4, -0.2) is 29.7 Å². The summed E-state index contributed by atoms with van der Waals surface area (Å²) < 4.78 is 11.5. The predicted octanol–water partition coefficient (Wildman–Crippen LogP) is 5.58. The Kier molecular flexibility index (Phi) is 7.36. The number of carbonyl (C=O) groups is 1. The summed E-state index contributed by atoms with van der Waals surface area (Å²) in [5.41, 5.74) is 3.21. The lowest BCUT2D eigenvalue weighted by molar-refractivity contribution is 0.0248. The van der Waals surface area contributed by atoms with Crippen molar-refractivity contribution in [3.63, 3.8) is 0 Å². The average Bonchev–Trinajstić information content (AvgIpc) is 2.79. The van der Waals surface area contributed by atoms with Gasteiger partial charge >= 0.3 is 6.09 Å². The maximum absolute atomic E-state index is 12.5. The fourth-order valence-electron chi connectivity index (χ4n) is 3.36. The van der Waals surface area contributed by atoms with Crippen molar-refractivity contribution >= 4 is 18.5 Å². The zero-order chi connectivity index (χ0) is 19.4. The number of nitrogens with zero attached hydrogens (tertiary/aromatic N) is 1. The first kappa shape index (κ1) is 22.1. The Bertz CT molecular complexity index is 786. The molecule has 0 saturated heterocycles. The molecule has 0 spiro atoms. The topological polar surface area (TPSA) is 38.8 Å². The van der Waals surface area contributed by atoms with Crippen LogP contribution in [0.4, 0.5) is 4.79 Å². The van der Waals surface area contributed by atoms with Crippen molar-refractivity contribution in [2.24, 2.45) is 0 Å². The molecule has 0 N–H and O–H groups in total. The molecule has 1 unspecified atom stereocenters. The number of carbonyl (C=O) groups excluding carboxylic acids is 1. The first-order chi connectivity index (χ1) is 12.8. The average molecular weight is 404 g/mol. The standard InChI is InChI=1S/C23H29NO3.ClH/c1-17-15-24(22(25)27-23(2,3)4)13-12-19-10-11-20(14-21(17)19)26-16-18-8-6-5-7-9-18;/h5-11,14,17H,12-13,15-16H2,1-4H3;1H. The molecule has 2 aromatic rings. The van der Waals surface area contributed by atoms with E-state index in [2.05, 4.69) is 31.2 Å². The zero-order valence-corrected chi connectivity index (χ0v) is 17.9. The van der Waals surface area contributed by atoms with Gasteiger partial charge in [0.1, 0.15) is 18.0 Å². The van der Waals surface area contributed by atoms with E-state index in [1.807, 2.05) is 49.9 Å². The van der Waals surface area contributed by atoms with Gasteiger partial charge in [-0.25, -0.2) is 4.79 Å². The van der Waals surface area contributed by atoms with Gasteiger partial charge in [0.25, 0.3) is 0 Å². The summed E-state index contributed by atoms with van der Waals surface area (Å²) in [6.45, 7) is 9.74. The molecule has 4 nitrogen and oxygen atoms in total. The monoisotopic (exact) mass is 403 g/mol. The Labute approximate surface area is 174 Å². The maximum Gasteiger partial charge on any atom is 0.410 e. The summed E-state index contributed by atoms with van der Waals surface area (Å²) in [5, 5.41) is 0. The Morgan fingerprint density at radius 3 is 2.54 bits per heavy atom. The second-order valence-corrected chi connectivity index (χ2v) is 8.21. The van der Waals surface area contributed by atoms with Gasteiger partial charge in [0.15, 0.2) is 0 Å². The van der Waals surface area contributed by atoms with Crippen molar-refractivity contribution in [2.45, 2.75) is 52.2 Å². The lowest BCUT2D eigenvalue weighted by Gasteiger charge is -2.27. The van der Waals surface area contributed by atoms with Gasteiger partial charge in [-0.05, 0) is 61.9 Å². The maximum atomic E-state index is 12.5. The zero-order valence-electron chi connectivity index (χ0n) is 17.1. The molecule has 1 atom stereocenters. The van der Waals surface area contributed by atoms with Crippen LogP contribution in [0.15, 0.2) is 48.5 Å². The second kappa shape index (κ2) is 9.33. The highest BCUT2D eigenvalue weighted by molar-refractivity contribution is 5.85. The first-order valence-electron chi connectivity index (χ1n) is 9.59. The van der Waals surface area contributed by atoms with Crippen LogP contribution in [0.5, 0.6) is 5.75 Å². The molecule has 1 heterocycles. The molecule has 2 aromatic carbocycles. The third kappa shape index (κ3) is 5.90. The first-order valence-corrected chi connectivity index (χ1v) is 9.59.